The first kappa shape index (κ1) is 20.0. The second-order valence-electron chi connectivity index (χ2n) is 8.86. The number of nitrogens with one attached hydrogen (secondary N) is 2. The van der Waals surface area contributed by atoms with Gasteiger partial charge in [-0.25, -0.2) is 15.0 Å². The van der Waals surface area contributed by atoms with Crippen LogP contribution in [-0.4, -0.2) is 45.1 Å². The van der Waals surface area contributed by atoms with Gasteiger partial charge in [0.25, 0.3) is 5.91 Å². The maximum atomic E-state index is 12.7. The maximum Gasteiger partial charge on any atom is 0.254 e. The molecule has 2 saturated carbocycles. The molecule has 0 atom stereocenters. The van der Waals surface area contributed by atoms with E-state index in [1.807, 2.05) is 6.92 Å². The topological polar surface area (TPSA) is 114 Å². The second-order valence-corrected chi connectivity index (χ2v) is 8.86. The van der Waals surface area contributed by atoms with Crippen LogP contribution in [0.15, 0.2) is 23.5 Å². The van der Waals surface area contributed by atoms with Gasteiger partial charge in [0.2, 0.25) is 0 Å². The van der Waals surface area contributed by atoms with Crippen LogP contribution in [0.1, 0.15) is 66.6 Å². The quantitative estimate of drug-likeness (QED) is 0.650. The molecular formula is C22H28N6O3. The third kappa shape index (κ3) is 3.46. The van der Waals surface area contributed by atoms with Crippen molar-refractivity contribution in [1.82, 2.24) is 20.0 Å². The van der Waals surface area contributed by atoms with E-state index in [1.54, 1.807) is 19.2 Å². The Labute approximate surface area is 180 Å². The largest absolute Gasteiger partial charge is 0.427 e. The Morgan fingerprint density at radius 1 is 1.26 bits per heavy atom. The molecule has 2 aliphatic carbocycles. The molecule has 0 bridgehead atoms. The van der Waals surface area contributed by atoms with Crippen LogP contribution >= 0.6 is 0 Å². The molecule has 0 radical (unpaired) electrons. The van der Waals surface area contributed by atoms with E-state index in [0.717, 1.165) is 55.2 Å². The normalized spacial score (nSPS) is 24.6. The number of anilines is 1. The lowest BCUT2D eigenvalue weighted by atomic mass is 9.79. The van der Waals surface area contributed by atoms with Gasteiger partial charge in [0, 0.05) is 19.2 Å². The van der Waals surface area contributed by atoms with Crippen molar-refractivity contribution in [2.45, 2.75) is 69.6 Å². The van der Waals surface area contributed by atoms with Crippen LogP contribution in [0.2, 0.25) is 0 Å². The highest BCUT2D eigenvalue weighted by Crippen LogP contribution is 2.42. The zero-order valence-corrected chi connectivity index (χ0v) is 17.9. The van der Waals surface area contributed by atoms with Crippen LogP contribution in [0.3, 0.4) is 0 Å². The van der Waals surface area contributed by atoms with Gasteiger partial charge in [-0.15, -0.1) is 0 Å². The zero-order valence-electron chi connectivity index (χ0n) is 17.9. The first-order valence-corrected chi connectivity index (χ1v) is 10.9. The van der Waals surface area contributed by atoms with Crippen molar-refractivity contribution in [2.24, 2.45) is 4.99 Å². The molecule has 9 nitrogen and oxygen atoms in total. The van der Waals surface area contributed by atoms with E-state index in [2.05, 4.69) is 25.6 Å². The highest BCUT2D eigenvalue weighted by molar-refractivity contribution is 6.00. The van der Waals surface area contributed by atoms with Gasteiger partial charge in [-0.1, -0.05) is 19.3 Å². The van der Waals surface area contributed by atoms with Gasteiger partial charge in [0.05, 0.1) is 22.9 Å². The zero-order chi connectivity index (χ0) is 21.6. The highest BCUT2D eigenvalue weighted by Gasteiger charge is 2.47. The number of pyridine rings is 1. The van der Waals surface area contributed by atoms with Gasteiger partial charge < -0.3 is 20.6 Å². The summed E-state index contributed by atoms with van der Waals surface area (Å²) >= 11 is 0. The van der Waals surface area contributed by atoms with Crippen LogP contribution < -0.4 is 16.1 Å². The molecule has 31 heavy (non-hydrogen) atoms. The molecule has 0 unspecified atom stereocenters. The molecule has 1 spiro atoms. The van der Waals surface area contributed by atoms with Crippen molar-refractivity contribution < 1.29 is 14.7 Å². The first-order valence-electron chi connectivity index (χ1n) is 10.9. The predicted molar refractivity (Wildman–Crippen MR) is 113 cm³/mol. The Morgan fingerprint density at radius 2 is 2.03 bits per heavy atom. The summed E-state index contributed by atoms with van der Waals surface area (Å²) in [6.07, 6.45) is 8.47. The molecular weight excluding hydrogens is 396 g/mol. The van der Waals surface area contributed by atoms with Gasteiger partial charge in [0.15, 0.2) is 11.3 Å². The molecule has 1 aliphatic heterocycles. The summed E-state index contributed by atoms with van der Waals surface area (Å²) in [6, 6.07) is 3.81. The number of ether oxygens (including phenoxy) is 1. The number of carbonyl (C=O) groups is 1. The number of aromatic nitrogens is 3. The summed E-state index contributed by atoms with van der Waals surface area (Å²) in [5.41, 5.74) is 1.82. The minimum atomic E-state index is -0.518. The van der Waals surface area contributed by atoms with Gasteiger partial charge in [0.1, 0.15) is 12.1 Å². The molecule has 0 saturated heterocycles. The van der Waals surface area contributed by atoms with Crippen LogP contribution in [0, 0.1) is 6.92 Å². The lowest BCUT2D eigenvalue weighted by Crippen LogP contribution is -2.43. The summed E-state index contributed by atoms with van der Waals surface area (Å²) in [5.74, 6) is 1.01. The third-order valence-corrected chi connectivity index (χ3v) is 6.81. The Balaban J connectivity index is 1.50. The minimum absolute atomic E-state index is 0.118. The number of hydrogen-bond donors (Lipinski definition) is 3. The number of hydrogen-bond acceptors (Lipinski definition) is 7. The van der Waals surface area contributed by atoms with Gasteiger partial charge in [-0.05, 0) is 44.2 Å². The lowest BCUT2D eigenvalue weighted by molar-refractivity contribution is 0.0328. The number of carbonyl (C=O) groups excluding carboxylic acids is 1. The molecule has 164 valence electrons. The molecule has 3 N–H and O–H groups in total. The maximum absolute atomic E-state index is 12.7. The monoisotopic (exact) mass is 424 g/mol. The number of nitrogens with zero attached hydrogens (tertiary/aromatic N) is 4. The SMILES string of the molecule is COC1CC(Nc2cc(N=c3cc(C)c4c(n3O)C3(CCCCC3)NC4=O)ncn2)C1. The molecule has 0 aromatic carbocycles. The summed E-state index contributed by atoms with van der Waals surface area (Å²) in [7, 11) is 1.73. The summed E-state index contributed by atoms with van der Waals surface area (Å²) in [5, 5.41) is 17.6. The van der Waals surface area contributed by atoms with Gasteiger partial charge in [-0.3, -0.25) is 4.79 Å². The molecule has 2 fully saturated rings. The highest BCUT2D eigenvalue weighted by atomic mass is 16.5. The number of rotatable bonds is 4. The summed E-state index contributed by atoms with van der Waals surface area (Å²) < 4.78 is 6.40. The van der Waals surface area contributed by atoms with Crippen molar-refractivity contribution in [1.29, 1.82) is 0 Å². The van der Waals surface area contributed by atoms with E-state index in [-0.39, 0.29) is 5.91 Å². The fourth-order valence-electron chi connectivity index (χ4n) is 5.09. The lowest BCUT2D eigenvalue weighted by Gasteiger charge is -2.34. The molecule has 2 aromatic heterocycles. The smallest absolute Gasteiger partial charge is 0.254 e. The van der Waals surface area contributed by atoms with E-state index in [0.29, 0.717) is 40.5 Å². The molecule has 2 aromatic rings. The number of amides is 1. The van der Waals surface area contributed by atoms with E-state index in [4.69, 9.17) is 4.74 Å². The molecule has 3 aliphatic rings. The van der Waals surface area contributed by atoms with Crippen molar-refractivity contribution in [3.05, 3.63) is 40.8 Å². The fourth-order valence-corrected chi connectivity index (χ4v) is 5.09. The molecule has 3 heterocycles. The Morgan fingerprint density at radius 3 is 2.77 bits per heavy atom. The van der Waals surface area contributed by atoms with E-state index in [9.17, 15) is 10.0 Å². The van der Waals surface area contributed by atoms with Crippen molar-refractivity contribution in [3.63, 3.8) is 0 Å². The Hall–Kier alpha value is -2.94. The predicted octanol–water partition coefficient (Wildman–Crippen LogP) is 2.55. The number of fused-ring (bicyclic) bond motifs is 2. The van der Waals surface area contributed by atoms with Crippen LogP contribution in [0.25, 0.3) is 0 Å². The Bertz CT molecular complexity index is 1080. The fraction of sp³-hybridized carbons (Fsp3) is 0.545. The van der Waals surface area contributed by atoms with Crippen molar-refractivity contribution in [3.8, 4) is 0 Å². The van der Waals surface area contributed by atoms with E-state index >= 15 is 0 Å². The van der Waals surface area contributed by atoms with E-state index < -0.39 is 5.54 Å². The second kappa shape index (κ2) is 7.64. The van der Waals surface area contributed by atoms with Crippen molar-refractivity contribution in [2.75, 3.05) is 12.4 Å². The average Bonchev–Trinajstić information content (AvgIpc) is 3.01. The Kier molecular flexibility index (Phi) is 4.92. The molecule has 9 heteroatoms. The molecule has 1 amide bonds. The van der Waals surface area contributed by atoms with Crippen LogP contribution in [-0.2, 0) is 10.3 Å². The standard InChI is InChI=1S/C22H28N6O3/c1-13-8-18(26-17-11-16(23-12-24-17)25-14-9-15(10-14)31-2)28(30)20-19(13)21(29)27-22(20)6-4-3-5-7-22/h8,11-12,14-15,30H,3-7,9-10H2,1-2H3,(H,27,29)(H,23,24,25). The van der Waals surface area contributed by atoms with Crippen LogP contribution in [0.5, 0.6) is 0 Å². The van der Waals surface area contributed by atoms with E-state index in [1.165, 1.54) is 6.33 Å². The van der Waals surface area contributed by atoms with Gasteiger partial charge in [-0.2, -0.15) is 4.73 Å². The van der Waals surface area contributed by atoms with Crippen molar-refractivity contribution >= 4 is 17.5 Å². The summed E-state index contributed by atoms with van der Waals surface area (Å²) in [4.78, 5) is 25.8. The number of methoxy groups -OCH3 is 1. The summed E-state index contributed by atoms with van der Waals surface area (Å²) in [6.45, 7) is 1.88. The average molecular weight is 425 g/mol. The van der Waals surface area contributed by atoms with Crippen LogP contribution in [0.4, 0.5) is 11.6 Å². The molecule has 5 rings (SSSR count). The van der Waals surface area contributed by atoms with Gasteiger partial charge >= 0.3 is 0 Å². The first-order chi connectivity index (χ1) is 15.0. The minimum Gasteiger partial charge on any atom is -0.427 e. The third-order valence-electron chi connectivity index (χ3n) is 6.81. The number of aryl methyl sites for hydroxylation is 1.